The Kier molecular flexibility index (Phi) is 1.84. The van der Waals surface area contributed by atoms with Crippen LogP contribution in [0.1, 0.15) is 12.1 Å². The van der Waals surface area contributed by atoms with E-state index in [1.807, 2.05) is 6.19 Å². The fourth-order valence-electron chi connectivity index (χ4n) is 1.22. The van der Waals surface area contributed by atoms with Crippen LogP contribution in [-0.4, -0.2) is 11.5 Å². The summed E-state index contributed by atoms with van der Waals surface area (Å²) in [6, 6.07) is 0. The maximum atomic E-state index is 8.37. The number of hydrogen-bond acceptors (Lipinski definition) is 5. The first kappa shape index (κ1) is 7.37. The molecule has 1 aliphatic rings. The molecule has 0 unspecified atom stereocenters. The molecule has 2 rings (SSSR count). The van der Waals surface area contributed by atoms with Crippen molar-refractivity contribution in [3.05, 3.63) is 5.69 Å². The van der Waals surface area contributed by atoms with Crippen molar-refractivity contribution in [2.75, 3.05) is 17.2 Å². The monoisotopic (exact) mass is 180 g/mol. The number of nitrogens with one attached hydrogen (secondary N) is 2. The molecule has 0 amide bonds. The van der Waals surface area contributed by atoms with Crippen LogP contribution in [-0.2, 0) is 6.42 Å². The summed E-state index contributed by atoms with van der Waals surface area (Å²) >= 11 is 1.50. The van der Waals surface area contributed by atoms with Crippen LogP contribution in [0.3, 0.4) is 0 Å². The van der Waals surface area contributed by atoms with Gasteiger partial charge < -0.3 is 5.32 Å². The van der Waals surface area contributed by atoms with E-state index >= 15 is 0 Å². The molecule has 0 aromatic carbocycles. The minimum Gasteiger partial charge on any atom is -0.375 e. The van der Waals surface area contributed by atoms with Crippen LogP contribution in [0.5, 0.6) is 0 Å². The third kappa shape index (κ3) is 1.21. The van der Waals surface area contributed by atoms with Gasteiger partial charge in [-0.1, -0.05) is 11.3 Å². The molecule has 0 aliphatic carbocycles. The van der Waals surface area contributed by atoms with Gasteiger partial charge in [0.05, 0.1) is 5.69 Å². The minimum atomic E-state index is 0.692. The van der Waals surface area contributed by atoms with Gasteiger partial charge in [0.15, 0.2) is 11.3 Å². The van der Waals surface area contributed by atoms with E-state index in [2.05, 4.69) is 15.6 Å². The van der Waals surface area contributed by atoms with Crippen molar-refractivity contribution in [3.63, 3.8) is 0 Å². The molecule has 0 fully saturated rings. The van der Waals surface area contributed by atoms with Crippen LogP contribution < -0.4 is 10.6 Å². The molecular formula is C7H8N4S. The Morgan fingerprint density at radius 3 is 3.33 bits per heavy atom. The predicted molar refractivity (Wildman–Crippen MR) is 48.2 cm³/mol. The van der Waals surface area contributed by atoms with Crippen LogP contribution in [0, 0.1) is 11.5 Å². The molecule has 62 valence electrons. The zero-order chi connectivity index (χ0) is 8.39. The first-order valence-electron chi connectivity index (χ1n) is 3.79. The number of fused-ring (bicyclic) bond motifs is 1. The molecule has 0 saturated heterocycles. The normalized spacial score (nSPS) is 14.2. The van der Waals surface area contributed by atoms with Gasteiger partial charge in [-0.25, -0.2) is 4.98 Å². The molecule has 12 heavy (non-hydrogen) atoms. The Morgan fingerprint density at radius 1 is 1.67 bits per heavy atom. The highest BCUT2D eigenvalue weighted by atomic mass is 32.1. The molecular weight excluding hydrogens is 172 g/mol. The summed E-state index contributed by atoms with van der Waals surface area (Å²) in [6.45, 7) is 1.02. The minimum absolute atomic E-state index is 0.692. The summed E-state index contributed by atoms with van der Waals surface area (Å²) in [5, 5.41) is 16.0. The average molecular weight is 180 g/mol. The molecule has 2 heterocycles. The lowest BCUT2D eigenvalue weighted by Gasteiger charge is -2.10. The Morgan fingerprint density at radius 2 is 2.58 bits per heavy atom. The van der Waals surface area contributed by atoms with Crippen LogP contribution in [0.4, 0.5) is 10.1 Å². The van der Waals surface area contributed by atoms with Crippen LogP contribution in [0.2, 0.25) is 0 Å². The summed E-state index contributed by atoms with van der Waals surface area (Å²) in [6.07, 6.45) is 4.01. The summed E-state index contributed by atoms with van der Waals surface area (Å²) in [4.78, 5) is 4.26. The molecule has 1 aromatic rings. The van der Waals surface area contributed by atoms with Crippen molar-refractivity contribution >= 4 is 21.5 Å². The van der Waals surface area contributed by atoms with Crippen molar-refractivity contribution in [3.8, 4) is 6.19 Å². The number of aromatic nitrogens is 1. The third-order valence-corrected chi connectivity index (χ3v) is 2.71. The van der Waals surface area contributed by atoms with Crippen molar-refractivity contribution in [2.45, 2.75) is 12.8 Å². The maximum Gasteiger partial charge on any atom is 0.198 e. The lowest BCUT2D eigenvalue weighted by Crippen LogP contribution is -2.09. The van der Waals surface area contributed by atoms with Gasteiger partial charge in [-0.05, 0) is 12.8 Å². The maximum absolute atomic E-state index is 8.37. The number of anilines is 2. The summed E-state index contributed by atoms with van der Waals surface area (Å²) in [5.41, 5.74) is 1.09. The SMILES string of the molecule is N#CNc1nc2c(s1)NCCC2. The Labute approximate surface area is 74.2 Å². The lowest BCUT2D eigenvalue weighted by molar-refractivity contribution is 0.814. The molecule has 0 bridgehead atoms. The smallest absolute Gasteiger partial charge is 0.198 e. The van der Waals surface area contributed by atoms with E-state index in [0.29, 0.717) is 5.13 Å². The number of thiazole rings is 1. The molecule has 0 spiro atoms. The van der Waals surface area contributed by atoms with E-state index in [4.69, 9.17) is 5.26 Å². The van der Waals surface area contributed by atoms with Gasteiger partial charge in [0.25, 0.3) is 0 Å². The van der Waals surface area contributed by atoms with Crippen LogP contribution >= 0.6 is 11.3 Å². The Balaban J connectivity index is 2.27. The number of nitrogens with zero attached hydrogens (tertiary/aromatic N) is 2. The molecule has 1 aliphatic heterocycles. The summed E-state index contributed by atoms with van der Waals surface area (Å²) in [5.74, 6) is 0. The number of hydrogen-bond donors (Lipinski definition) is 2. The second kappa shape index (κ2) is 2.99. The number of nitriles is 1. The topological polar surface area (TPSA) is 60.7 Å². The molecule has 0 radical (unpaired) electrons. The molecule has 0 saturated carbocycles. The highest BCUT2D eigenvalue weighted by Gasteiger charge is 2.13. The molecule has 0 atom stereocenters. The van der Waals surface area contributed by atoms with Gasteiger partial charge in [-0.3, -0.25) is 5.32 Å². The first-order valence-corrected chi connectivity index (χ1v) is 4.60. The van der Waals surface area contributed by atoms with E-state index in [0.717, 1.165) is 30.1 Å². The van der Waals surface area contributed by atoms with Crippen molar-refractivity contribution in [1.29, 1.82) is 5.26 Å². The molecule has 4 nitrogen and oxygen atoms in total. The van der Waals surface area contributed by atoms with E-state index in [-0.39, 0.29) is 0 Å². The Hall–Kier alpha value is -1.28. The standard InChI is InChI=1S/C7H8N4S/c8-4-10-7-11-5-2-1-3-9-6(5)12-7/h9H,1-3H2,(H,10,11). The molecule has 1 aromatic heterocycles. The quantitative estimate of drug-likeness (QED) is 0.506. The number of aryl methyl sites for hydroxylation is 1. The highest BCUT2D eigenvalue weighted by molar-refractivity contribution is 7.19. The zero-order valence-electron chi connectivity index (χ0n) is 6.42. The zero-order valence-corrected chi connectivity index (χ0v) is 7.24. The number of rotatable bonds is 1. The van der Waals surface area contributed by atoms with E-state index in [1.165, 1.54) is 11.3 Å². The van der Waals surface area contributed by atoms with Crippen LogP contribution in [0.25, 0.3) is 0 Å². The van der Waals surface area contributed by atoms with Gasteiger partial charge in [0.2, 0.25) is 0 Å². The van der Waals surface area contributed by atoms with Gasteiger partial charge in [-0.15, -0.1) is 0 Å². The van der Waals surface area contributed by atoms with Crippen LogP contribution in [0.15, 0.2) is 0 Å². The molecule has 2 N–H and O–H groups in total. The fourth-order valence-corrected chi connectivity index (χ4v) is 2.10. The van der Waals surface area contributed by atoms with E-state index < -0.39 is 0 Å². The third-order valence-electron chi connectivity index (χ3n) is 1.74. The molecule has 5 heteroatoms. The van der Waals surface area contributed by atoms with E-state index in [9.17, 15) is 0 Å². The highest BCUT2D eigenvalue weighted by Crippen LogP contribution is 2.31. The summed E-state index contributed by atoms with van der Waals surface area (Å²) in [7, 11) is 0. The lowest BCUT2D eigenvalue weighted by atomic mass is 10.2. The van der Waals surface area contributed by atoms with Crippen molar-refractivity contribution in [2.24, 2.45) is 0 Å². The fraction of sp³-hybridized carbons (Fsp3) is 0.429. The average Bonchev–Trinajstić information content (AvgIpc) is 2.47. The van der Waals surface area contributed by atoms with E-state index in [1.54, 1.807) is 0 Å². The van der Waals surface area contributed by atoms with Gasteiger partial charge >= 0.3 is 0 Å². The Bertz CT molecular complexity index is 301. The predicted octanol–water partition coefficient (Wildman–Crippen LogP) is 1.39. The second-order valence-electron chi connectivity index (χ2n) is 2.56. The summed E-state index contributed by atoms with van der Waals surface area (Å²) < 4.78 is 0. The van der Waals surface area contributed by atoms with Gasteiger partial charge in [0, 0.05) is 6.54 Å². The van der Waals surface area contributed by atoms with Crippen molar-refractivity contribution in [1.82, 2.24) is 4.98 Å². The largest absolute Gasteiger partial charge is 0.375 e. The second-order valence-corrected chi connectivity index (χ2v) is 3.56. The van der Waals surface area contributed by atoms with Crippen molar-refractivity contribution < 1.29 is 0 Å². The van der Waals surface area contributed by atoms with Gasteiger partial charge in [-0.2, -0.15) is 5.26 Å². The van der Waals surface area contributed by atoms with Gasteiger partial charge in [0.1, 0.15) is 5.00 Å². The first-order chi connectivity index (χ1) is 5.90.